The second-order valence-corrected chi connectivity index (χ2v) is 5.42. The lowest BCUT2D eigenvalue weighted by molar-refractivity contribution is -0.149. The second-order valence-electron chi connectivity index (χ2n) is 4.98. The van der Waals surface area contributed by atoms with Crippen LogP contribution in [0, 0.1) is 5.92 Å². The number of carbonyl (C=O) groups excluding carboxylic acids is 2. The first kappa shape index (κ1) is 15.6. The Morgan fingerprint density at radius 2 is 2.05 bits per heavy atom. The van der Waals surface area contributed by atoms with E-state index >= 15 is 0 Å². The number of ether oxygens (including phenoxy) is 1. The molecule has 1 aromatic rings. The predicted molar refractivity (Wildman–Crippen MR) is 78.4 cm³/mol. The van der Waals surface area contributed by atoms with Gasteiger partial charge in [0.2, 0.25) is 0 Å². The third kappa shape index (κ3) is 3.67. The minimum atomic E-state index is -0.266. The van der Waals surface area contributed by atoms with Gasteiger partial charge in [-0.05, 0) is 38.0 Å². The Hall–Kier alpha value is -1.75. The Balaban J connectivity index is 2.00. The molecule has 0 saturated carbocycles. The van der Waals surface area contributed by atoms with Crippen molar-refractivity contribution in [2.75, 3.05) is 19.7 Å². The average Bonchev–Trinajstić information content (AvgIpc) is 2.49. The van der Waals surface area contributed by atoms with E-state index in [-0.39, 0.29) is 29.1 Å². The molecule has 1 heterocycles. The number of piperidine rings is 1. The maximum absolute atomic E-state index is 12.4. The highest BCUT2D eigenvalue weighted by Gasteiger charge is 2.29. The summed E-state index contributed by atoms with van der Waals surface area (Å²) < 4.78 is 5.00. The van der Waals surface area contributed by atoms with Crippen LogP contribution in [0.4, 0.5) is 0 Å². The molecule has 0 radical (unpaired) electrons. The minimum Gasteiger partial charge on any atom is -0.507 e. The Morgan fingerprint density at radius 3 is 2.67 bits per heavy atom. The molecule has 5 nitrogen and oxygen atoms in total. The number of amides is 1. The van der Waals surface area contributed by atoms with E-state index in [1.807, 2.05) is 0 Å². The molecule has 21 heavy (non-hydrogen) atoms. The molecule has 0 bridgehead atoms. The number of hydrogen-bond donors (Lipinski definition) is 1. The summed E-state index contributed by atoms with van der Waals surface area (Å²) in [6.45, 7) is 3.08. The topological polar surface area (TPSA) is 66.8 Å². The van der Waals surface area contributed by atoms with Crippen molar-refractivity contribution in [1.82, 2.24) is 4.90 Å². The van der Waals surface area contributed by atoms with E-state index in [0.29, 0.717) is 37.6 Å². The quantitative estimate of drug-likeness (QED) is 0.871. The molecule has 1 aromatic carbocycles. The predicted octanol–water partition coefficient (Wildman–Crippen LogP) is 2.46. The fourth-order valence-electron chi connectivity index (χ4n) is 2.43. The van der Waals surface area contributed by atoms with E-state index in [4.69, 9.17) is 16.3 Å². The molecule has 0 unspecified atom stereocenters. The van der Waals surface area contributed by atoms with Gasteiger partial charge in [0.1, 0.15) is 5.75 Å². The Kier molecular flexibility index (Phi) is 5.07. The van der Waals surface area contributed by atoms with Crippen molar-refractivity contribution in [2.24, 2.45) is 5.92 Å². The van der Waals surface area contributed by atoms with Gasteiger partial charge in [-0.2, -0.15) is 0 Å². The standard InChI is InChI=1S/C15H18ClNO4/c1-2-21-15(20)10-5-7-17(8-6-10)14(19)12-9-11(16)3-4-13(12)18/h3-4,9-10,18H,2,5-8H2,1H3. The summed E-state index contributed by atoms with van der Waals surface area (Å²) in [7, 11) is 0. The molecule has 0 aliphatic carbocycles. The Morgan fingerprint density at radius 1 is 1.38 bits per heavy atom. The molecule has 0 spiro atoms. The van der Waals surface area contributed by atoms with Gasteiger partial charge < -0.3 is 14.7 Å². The summed E-state index contributed by atoms with van der Waals surface area (Å²) in [6.07, 6.45) is 1.15. The van der Waals surface area contributed by atoms with Gasteiger partial charge in [-0.25, -0.2) is 0 Å². The van der Waals surface area contributed by atoms with E-state index in [2.05, 4.69) is 0 Å². The van der Waals surface area contributed by atoms with Crippen LogP contribution < -0.4 is 0 Å². The van der Waals surface area contributed by atoms with Crippen molar-refractivity contribution in [3.8, 4) is 5.75 Å². The van der Waals surface area contributed by atoms with Gasteiger partial charge in [0.25, 0.3) is 5.91 Å². The first-order valence-electron chi connectivity index (χ1n) is 6.97. The van der Waals surface area contributed by atoms with Crippen LogP contribution in [0.3, 0.4) is 0 Å². The number of phenolic OH excluding ortho intramolecular Hbond substituents is 1. The summed E-state index contributed by atoms with van der Waals surface area (Å²) in [5, 5.41) is 10.2. The number of hydrogen-bond acceptors (Lipinski definition) is 4. The first-order chi connectivity index (χ1) is 10.0. The molecule has 114 valence electrons. The van der Waals surface area contributed by atoms with Crippen LogP contribution in [-0.4, -0.2) is 41.6 Å². The number of benzene rings is 1. The molecular formula is C15H18ClNO4. The molecular weight excluding hydrogens is 294 g/mol. The zero-order valence-corrected chi connectivity index (χ0v) is 12.6. The van der Waals surface area contributed by atoms with Crippen LogP contribution in [0.25, 0.3) is 0 Å². The highest BCUT2D eigenvalue weighted by atomic mass is 35.5. The summed E-state index contributed by atoms with van der Waals surface area (Å²) in [5.74, 6) is -0.702. The maximum atomic E-state index is 12.4. The number of nitrogens with zero attached hydrogens (tertiary/aromatic N) is 1. The van der Waals surface area contributed by atoms with Crippen molar-refractivity contribution < 1.29 is 19.4 Å². The van der Waals surface area contributed by atoms with Gasteiger partial charge in [0, 0.05) is 18.1 Å². The van der Waals surface area contributed by atoms with E-state index in [0.717, 1.165) is 0 Å². The van der Waals surface area contributed by atoms with Crippen LogP contribution in [-0.2, 0) is 9.53 Å². The number of phenols is 1. The fraction of sp³-hybridized carbons (Fsp3) is 0.467. The summed E-state index contributed by atoms with van der Waals surface area (Å²) in [4.78, 5) is 25.7. The molecule has 1 N–H and O–H groups in total. The zero-order chi connectivity index (χ0) is 15.4. The molecule has 1 amide bonds. The van der Waals surface area contributed by atoms with E-state index in [1.54, 1.807) is 11.8 Å². The van der Waals surface area contributed by atoms with Gasteiger partial charge >= 0.3 is 5.97 Å². The molecule has 1 fully saturated rings. The Labute approximate surface area is 128 Å². The third-order valence-electron chi connectivity index (χ3n) is 3.59. The highest BCUT2D eigenvalue weighted by molar-refractivity contribution is 6.31. The normalized spacial score (nSPS) is 15.8. The number of esters is 1. The van der Waals surface area contributed by atoms with Crippen LogP contribution in [0.5, 0.6) is 5.75 Å². The SMILES string of the molecule is CCOC(=O)C1CCN(C(=O)c2cc(Cl)ccc2O)CC1. The molecule has 1 aliphatic heterocycles. The van der Waals surface area contributed by atoms with Crippen molar-refractivity contribution >= 4 is 23.5 Å². The fourth-order valence-corrected chi connectivity index (χ4v) is 2.60. The van der Waals surface area contributed by atoms with E-state index in [1.165, 1.54) is 18.2 Å². The molecule has 0 aromatic heterocycles. The molecule has 2 rings (SSSR count). The van der Waals surface area contributed by atoms with Gasteiger partial charge in [-0.1, -0.05) is 11.6 Å². The smallest absolute Gasteiger partial charge is 0.309 e. The van der Waals surface area contributed by atoms with E-state index < -0.39 is 0 Å². The molecule has 1 saturated heterocycles. The molecule has 6 heteroatoms. The van der Waals surface area contributed by atoms with Crippen LogP contribution >= 0.6 is 11.6 Å². The van der Waals surface area contributed by atoms with Gasteiger partial charge in [-0.15, -0.1) is 0 Å². The lowest BCUT2D eigenvalue weighted by Crippen LogP contribution is -2.40. The van der Waals surface area contributed by atoms with Crippen LogP contribution in [0.1, 0.15) is 30.1 Å². The third-order valence-corrected chi connectivity index (χ3v) is 3.83. The number of rotatable bonds is 3. The molecule has 1 aliphatic rings. The lowest BCUT2D eigenvalue weighted by atomic mass is 9.96. The van der Waals surface area contributed by atoms with Gasteiger partial charge in [0.15, 0.2) is 0 Å². The van der Waals surface area contributed by atoms with Crippen molar-refractivity contribution in [2.45, 2.75) is 19.8 Å². The van der Waals surface area contributed by atoms with Crippen molar-refractivity contribution in [3.63, 3.8) is 0 Å². The largest absolute Gasteiger partial charge is 0.507 e. The average molecular weight is 312 g/mol. The zero-order valence-electron chi connectivity index (χ0n) is 11.8. The van der Waals surface area contributed by atoms with Crippen molar-refractivity contribution in [3.05, 3.63) is 28.8 Å². The van der Waals surface area contributed by atoms with E-state index in [9.17, 15) is 14.7 Å². The number of aromatic hydroxyl groups is 1. The van der Waals surface area contributed by atoms with Crippen LogP contribution in [0.15, 0.2) is 18.2 Å². The van der Waals surface area contributed by atoms with Crippen LogP contribution in [0.2, 0.25) is 5.02 Å². The van der Waals surface area contributed by atoms with Gasteiger partial charge in [-0.3, -0.25) is 9.59 Å². The first-order valence-corrected chi connectivity index (χ1v) is 7.35. The monoisotopic (exact) mass is 311 g/mol. The summed E-state index contributed by atoms with van der Waals surface area (Å²) >= 11 is 5.86. The Bertz CT molecular complexity index is 538. The van der Waals surface area contributed by atoms with Crippen molar-refractivity contribution in [1.29, 1.82) is 0 Å². The summed E-state index contributed by atoms with van der Waals surface area (Å²) in [6, 6.07) is 4.39. The highest BCUT2D eigenvalue weighted by Crippen LogP contribution is 2.26. The van der Waals surface area contributed by atoms with Gasteiger partial charge in [0.05, 0.1) is 18.1 Å². The minimum absolute atomic E-state index is 0.0862. The summed E-state index contributed by atoms with van der Waals surface area (Å²) in [5.41, 5.74) is 0.192. The number of carbonyl (C=O) groups is 2. The second kappa shape index (κ2) is 6.80. The number of halogens is 1. The number of likely N-dealkylation sites (tertiary alicyclic amines) is 1. The lowest BCUT2D eigenvalue weighted by Gasteiger charge is -2.31. The molecule has 0 atom stereocenters. The maximum Gasteiger partial charge on any atom is 0.309 e.